The maximum absolute atomic E-state index is 11.1. The minimum atomic E-state index is -2.93. The summed E-state index contributed by atoms with van der Waals surface area (Å²) in [6.07, 6.45) is 7.09. The highest BCUT2D eigenvalue weighted by Gasteiger charge is 2.11. The minimum absolute atomic E-state index is 0.132. The zero-order chi connectivity index (χ0) is 13.6. The monoisotopic (exact) mass is 273 g/mol. The first-order chi connectivity index (χ1) is 8.46. The van der Waals surface area contributed by atoms with Crippen LogP contribution in [0.15, 0.2) is 12.4 Å². The van der Waals surface area contributed by atoms with Crippen LogP contribution in [0.5, 0.6) is 0 Å². The van der Waals surface area contributed by atoms with Crippen LogP contribution in [-0.4, -0.2) is 36.8 Å². The molecule has 5 nitrogen and oxygen atoms in total. The topological polar surface area (TPSA) is 64.0 Å². The van der Waals surface area contributed by atoms with E-state index in [0.29, 0.717) is 12.6 Å². The molecular weight excluding hydrogens is 250 g/mol. The molecule has 0 radical (unpaired) electrons. The van der Waals surface area contributed by atoms with E-state index in [1.807, 2.05) is 12.4 Å². The van der Waals surface area contributed by atoms with Crippen LogP contribution in [0.1, 0.15) is 38.3 Å². The molecule has 0 amide bonds. The first kappa shape index (κ1) is 15.2. The van der Waals surface area contributed by atoms with Crippen LogP contribution in [0.3, 0.4) is 0 Å². The van der Waals surface area contributed by atoms with Crippen molar-refractivity contribution in [2.45, 2.75) is 39.3 Å². The van der Waals surface area contributed by atoms with Crippen molar-refractivity contribution in [3.63, 3.8) is 0 Å². The second-order valence-electron chi connectivity index (χ2n) is 4.58. The van der Waals surface area contributed by atoms with Crippen molar-refractivity contribution in [1.82, 2.24) is 15.1 Å². The molecule has 0 bridgehead atoms. The van der Waals surface area contributed by atoms with Crippen molar-refractivity contribution in [2.75, 3.05) is 18.6 Å². The van der Waals surface area contributed by atoms with Crippen LogP contribution in [0.2, 0.25) is 0 Å². The molecule has 1 rings (SSSR count). The van der Waals surface area contributed by atoms with E-state index in [4.69, 9.17) is 0 Å². The lowest BCUT2D eigenvalue weighted by atomic mass is 10.1. The van der Waals surface area contributed by atoms with Crippen LogP contribution in [0, 0.1) is 0 Å². The van der Waals surface area contributed by atoms with Gasteiger partial charge in [0.1, 0.15) is 9.84 Å². The summed E-state index contributed by atoms with van der Waals surface area (Å²) < 4.78 is 23.9. The number of rotatable bonds is 8. The Morgan fingerprint density at radius 2 is 2.17 bits per heavy atom. The lowest BCUT2D eigenvalue weighted by Crippen LogP contribution is -2.21. The number of sulfone groups is 1. The lowest BCUT2D eigenvalue weighted by Gasteiger charge is -2.14. The van der Waals surface area contributed by atoms with Crippen molar-refractivity contribution in [2.24, 2.45) is 0 Å². The highest BCUT2D eigenvalue weighted by Crippen LogP contribution is 2.15. The molecule has 6 heteroatoms. The van der Waals surface area contributed by atoms with E-state index in [9.17, 15) is 8.42 Å². The fourth-order valence-electron chi connectivity index (χ4n) is 1.76. The van der Waals surface area contributed by atoms with Gasteiger partial charge in [-0.05, 0) is 19.4 Å². The molecule has 0 saturated heterocycles. The van der Waals surface area contributed by atoms with Crippen LogP contribution in [-0.2, 0) is 16.4 Å². The summed E-state index contributed by atoms with van der Waals surface area (Å²) in [5.41, 5.74) is 1.12. The molecule has 104 valence electrons. The third-order valence-corrected chi connectivity index (χ3v) is 3.72. The first-order valence-corrected chi connectivity index (χ1v) is 8.45. The number of hydrogen-bond acceptors (Lipinski definition) is 4. The van der Waals surface area contributed by atoms with E-state index < -0.39 is 9.84 Å². The van der Waals surface area contributed by atoms with Crippen LogP contribution in [0.25, 0.3) is 0 Å². The number of hydrogen-bond donors (Lipinski definition) is 1. The zero-order valence-electron chi connectivity index (χ0n) is 11.4. The highest BCUT2D eigenvalue weighted by molar-refractivity contribution is 7.90. The second kappa shape index (κ2) is 6.89. The van der Waals surface area contributed by atoms with Gasteiger partial charge in [-0.25, -0.2) is 8.42 Å². The maximum atomic E-state index is 11.1. The molecule has 1 heterocycles. The minimum Gasteiger partial charge on any atom is -0.310 e. The van der Waals surface area contributed by atoms with Crippen molar-refractivity contribution >= 4 is 9.84 Å². The first-order valence-electron chi connectivity index (χ1n) is 6.39. The van der Waals surface area contributed by atoms with E-state index in [2.05, 4.69) is 24.3 Å². The Hall–Kier alpha value is -0.880. The number of nitrogens with zero attached hydrogens (tertiary/aromatic N) is 2. The van der Waals surface area contributed by atoms with Gasteiger partial charge in [-0.3, -0.25) is 4.68 Å². The van der Waals surface area contributed by atoms with E-state index in [-0.39, 0.29) is 5.75 Å². The smallest absolute Gasteiger partial charge is 0.149 e. The quantitative estimate of drug-likeness (QED) is 0.777. The van der Waals surface area contributed by atoms with Crippen LogP contribution in [0.4, 0.5) is 0 Å². The molecule has 1 unspecified atom stereocenters. The van der Waals surface area contributed by atoms with Crippen molar-refractivity contribution in [1.29, 1.82) is 0 Å². The van der Waals surface area contributed by atoms with E-state index in [1.165, 1.54) is 6.26 Å². The standard InChI is InChI=1S/C12H23N3O2S/c1-4-6-13-12(5-2)11-9-14-15(10-11)7-8-18(3,16)17/h9-10,12-13H,4-8H2,1-3H3. The van der Waals surface area contributed by atoms with Crippen molar-refractivity contribution in [3.05, 3.63) is 18.0 Å². The van der Waals surface area contributed by atoms with Crippen molar-refractivity contribution < 1.29 is 8.42 Å². The van der Waals surface area contributed by atoms with E-state index in [1.54, 1.807) is 4.68 Å². The van der Waals surface area contributed by atoms with Gasteiger partial charge in [0, 0.05) is 24.1 Å². The van der Waals surface area contributed by atoms with Crippen LogP contribution < -0.4 is 5.32 Å². The molecule has 1 aromatic heterocycles. The number of aryl methyl sites for hydroxylation is 1. The van der Waals surface area contributed by atoms with Gasteiger partial charge in [0.05, 0.1) is 18.5 Å². The summed E-state index contributed by atoms with van der Waals surface area (Å²) in [5.74, 6) is 0.132. The molecule has 0 fully saturated rings. The van der Waals surface area contributed by atoms with Gasteiger partial charge >= 0.3 is 0 Å². The molecule has 1 aromatic rings. The Balaban J connectivity index is 2.60. The van der Waals surface area contributed by atoms with Gasteiger partial charge < -0.3 is 5.32 Å². The van der Waals surface area contributed by atoms with Crippen molar-refractivity contribution in [3.8, 4) is 0 Å². The van der Waals surface area contributed by atoms with Gasteiger partial charge in [-0.15, -0.1) is 0 Å². The summed E-state index contributed by atoms with van der Waals surface area (Å²) >= 11 is 0. The molecule has 0 aromatic carbocycles. The lowest BCUT2D eigenvalue weighted by molar-refractivity contribution is 0.517. The number of nitrogens with one attached hydrogen (secondary N) is 1. The third-order valence-electron chi connectivity index (χ3n) is 2.80. The molecule has 0 spiro atoms. The summed E-state index contributed by atoms with van der Waals surface area (Å²) in [7, 11) is -2.93. The van der Waals surface area contributed by atoms with E-state index >= 15 is 0 Å². The van der Waals surface area contributed by atoms with Gasteiger partial charge in [0.25, 0.3) is 0 Å². The molecular formula is C12H23N3O2S. The molecule has 0 saturated carbocycles. The van der Waals surface area contributed by atoms with Crippen LogP contribution >= 0.6 is 0 Å². The molecule has 1 N–H and O–H groups in total. The zero-order valence-corrected chi connectivity index (χ0v) is 12.2. The van der Waals surface area contributed by atoms with Gasteiger partial charge in [-0.1, -0.05) is 13.8 Å². The summed E-state index contributed by atoms with van der Waals surface area (Å²) in [4.78, 5) is 0. The van der Waals surface area contributed by atoms with Gasteiger partial charge in [0.2, 0.25) is 0 Å². The Morgan fingerprint density at radius 3 is 2.72 bits per heavy atom. The molecule has 0 aliphatic rings. The van der Waals surface area contributed by atoms with Gasteiger partial charge in [-0.2, -0.15) is 5.10 Å². The average Bonchev–Trinajstić information content (AvgIpc) is 2.75. The predicted molar refractivity (Wildman–Crippen MR) is 73.3 cm³/mol. The maximum Gasteiger partial charge on any atom is 0.149 e. The van der Waals surface area contributed by atoms with E-state index in [0.717, 1.165) is 24.9 Å². The Kier molecular flexibility index (Phi) is 5.81. The van der Waals surface area contributed by atoms with Gasteiger partial charge in [0.15, 0.2) is 0 Å². The molecule has 18 heavy (non-hydrogen) atoms. The molecule has 0 aliphatic carbocycles. The molecule has 1 atom stereocenters. The SMILES string of the molecule is CCCNC(CC)c1cnn(CCS(C)(=O)=O)c1. The Bertz CT molecular complexity index is 454. The fourth-order valence-corrected chi connectivity index (χ4v) is 2.28. The number of aromatic nitrogens is 2. The summed E-state index contributed by atoms with van der Waals surface area (Å²) in [6.45, 7) is 5.66. The summed E-state index contributed by atoms with van der Waals surface area (Å²) in [6, 6.07) is 0.303. The normalized spacial score (nSPS) is 13.7. The Morgan fingerprint density at radius 1 is 1.44 bits per heavy atom. The average molecular weight is 273 g/mol. The second-order valence-corrected chi connectivity index (χ2v) is 6.84. The summed E-state index contributed by atoms with van der Waals surface area (Å²) in [5, 5.41) is 7.66. The fraction of sp³-hybridized carbons (Fsp3) is 0.750. The Labute approximate surface area is 109 Å². The predicted octanol–water partition coefficient (Wildman–Crippen LogP) is 1.38. The largest absolute Gasteiger partial charge is 0.310 e. The molecule has 0 aliphatic heterocycles. The third kappa shape index (κ3) is 5.18. The highest BCUT2D eigenvalue weighted by atomic mass is 32.2.